The zero-order valence-corrected chi connectivity index (χ0v) is 13.9. The van der Waals surface area contributed by atoms with Gasteiger partial charge in [-0.15, -0.1) is 0 Å². The van der Waals surface area contributed by atoms with Crippen molar-refractivity contribution in [3.63, 3.8) is 0 Å². The molecule has 1 aromatic heterocycles. The topological polar surface area (TPSA) is 84.7 Å². The van der Waals surface area contributed by atoms with Crippen molar-refractivity contribution in [2.45, 2.75) is 34.1 Å². The highest BCUT2D eigenvalue weighted by Crippen LogP contribution is 2.19. The van der Waals surface area contributed by atoms with Crippen LogP contribution in [0, 0.1) is 12.3 Å². The fourth-order valence-electron chi connectivity index (χ4n) is 1.84. The first-order chi connectivity index (χ1) is 10.2. The highest BCUT2D eigenvalue weighted by molar-refractivity contribution is 5.93. The molecule has 1 N–H and O–H groups in total. The van der Waals surface area contributed by atoms with E-state index >= 15 is 0 Å². The Bertz CT molecular complexity index is 505. The summed E-state index contributed by atoms with van der Waals surface area (Å²) < 4.78 is 9.89. The van der Waals surface area contributed by atoms with Crippen molar-refractivity contribution in [1.29, 1.82) is 0 Å². The van der Waals surface area contributed by atoms with E-state index in [1.54, 1.807) is 20.1 Å². The SMILES string of the molecule is COCCN(CC(=O)Nc1cc(C)on1)C(=O)CC(C)(C)C. The highest BCUT2D eigenvalue weighted by atomic mass is 16.5. The molecule has 0 aliphatic heterocycles. The molecule has 0 unspecified atom stereocenters. The van der Waals surface area contributed by atoms with Gasteiger partial charge in [0.25, 0.3) is 0 Å². The fraction of sp³-hybridized carbons (Fsp3) is 0.667. The number of aryl methyl sites for hydroxylation is 1. The predicted octanol–water partition coefficient (Wildman–Crippen LogP) is 1.83. The number of carbonyl (C=O) groups is 2. The number of amides is 2. The second kappa shape index (κ2) is 7.93. The van der Waals surface area contributed by atoms with Crippen molar-refractivity contribution in [1.82, 2.24) is 10.1 Å². The fourth-order valence-corrected chi connectivity index (χ4v) is 1.84. The lowest BCUT2D eigenvalue weighted by molar-refractivity contribution is -0.136. The molecule has 0 fully saturated rings. The van der Waals surface area contributed by atoms with Crippen LogP contribution in [0.25, 0.3) is 0 Å². The zero-order valence-electron chi connectivity index (χ0n) is 13.9. The van der Waals surface area contributed by atoms with Crippen LogP contribution in [0.15, 0.2) is 10.6 Å². The van der Waals surface area contributed by atoms with Gasteiger partial charge >= 0.3 is 0 Å². The summed E-state index contributed by atoms with van der Waals surface area (Å²) in [5.41, 5.74) is -0.137. The molecule has 0 radical (unpaired) electrons. The molecule has 0 aliphatic carbocycles. The molecule has 22 heavy (non-hydrogen) atoms. The number of nitrogens with one attached hydrogen (secondary N) is 1. The Morgan fingerprint density at radius 3 is 2.59 bits per heavy atom. The normalized spacial score (nSPS) is 11.3. The highest BCUT2D eigenvalue weighted by Gasteiger charge is 2.23. The van der Waals surface area contributed by atoms with Crippen LogP contribution in [0.5, 0.6) is 0 Å². The molecule has 0 saturated heterocycles. The average Bonchev–Trinajstić information content (AvgIpc) is 2.77. The van der Waals surface area contributed by atoms with Crippen molar-refractivity contribution >= 4 is 17.6 Å². The first kappa shape index (κ1) is 18.2. The third-order valence-corrected chi connectivity index (χ3v) is 2.83. The van der Waals surface area contributed by atoms with E-state index in [9.17, 15) is 9.59 Å². The van der Waals surface area contributed by atoms with E-state index in [4.69, 9.17) is 9.26 Å². The van der Waals surface area contributed by atoms with Gasteiger partial charge in [0.15, 0.2) is 5.82 Å². The van der Waals surface area contributed by atoms with E-state index in [1.807, 2.05) is 20.8 Å². The summed E-state index contributed by atoms with van der Waals surface area (Å²) in [6, 6.07) is 1.62. The van der Waals surface area contributed by atoms with E-state index < -0.39 is 0 Å². The first-order valence-corrected chi connectivity index (χ1v) is 7.21. The quantitative estimate of drug-likeness (QED) is 0.830. The third kappa shape index (κ3) is 6.71. The van der Waals surface area contributed by atoms with Crippen molar-refractivity contribution in [3.05, 3.63) is 11.8 Å². The van der Waals surface area contributed by atoms with E-state index in [1.165, 1.54) is 4.90 Å². The Kier molecular flexibility index (Phi) is 6.55. The summed E-state index contributed by atoms with van der Waals surface area (Å²) in [7, 11) is 1.56. The number of nitrogens with zero attached hydrogens (tertiary/aromatic N) is 2. The molecule has 0 aliphatic rings. The molecule has 7 nitrogen and oxygen atoms in total. The van der Waals surface area contributed by atoms with Crippen LogP contribution in [-0.4, -0.2) is 48.7 Å². The van der Waals surface area contributed by atoms with Gasteiger partial charge in [-0.05, 0) is 12.3 Å². The Balaban J connectivity index is 2.63. The van der Waals surface area contributed by atoms with Gasteiger partial charge in [0.1, 0.15) is 5.76 Å². The van der Waals surface area contributed by atoms with Crippen LogP contribution < -0.4 is 5.32 Å². The summed E-state index contributed by atoms with van der Waals surface area (Å²) in [4.78, 5) is 25.8. The van der Waals surface area contributed by atoms with E-state index in [0.717, 1.165) is 0 Å². The number of ether oxygens (including phenoxy) is 1. The molecular weight excluding hydrogens is 286 g/mol. The first-order valence-electron chi connectivity index (χ1n) is 7.21. The molecular formula is C15H25N3O4. The number of hydrogen-bond acceptors (Lipinski definition) is 5. The lowest BCUT2D eigenvalue weighted by Crippen LogP contribution is -2.41. The Hall–Kier alpha value is -1.89. The summed E-state index contributed by atoms with van der Waals surface area (Å²) in [5, 5.41) is 6.30. The largest absolute Gasteiger partial charge is 0.383 e. The van der Waals surface area contributed by atoms with E-state index in [2.05, 4.69) is 10.5 Å². The molecule has 0 bridgehead atoms. The predicted molar refractivity (Wildman–Crippen MR) is 82.4 cm³/mol. The molecule has 0 aromatic carbocycles. The number of carbonyl (C=O) groups excluding carboxylic acids is 2. The van der Waals surface area contributed by atoms with Gasteiger partial charge < -0.3 is 19.5 Å². The molecule has 1 heterocycles. The minimum Gasteiger partial charge on any atom is -0.383 e. The molecule has 1 rings (SSSR count). The monoisotopic (exact) mass is 311 g/mol. The second-order valence-corrected chi connectivity index (χ2v) is 6.42. The van der Waals surface area contributed by atoms with Crippen LogP contribution in [0.2, 0.25) is 0 Å². The molecule has 7 heteroatoms. The van der Waals surface area contributed by atoms with Gasteiger partial charge in [-0.25, -0.2) is 0 Å². The number of rotatable bonds is 7. The third-order valence-electron chi connectivity index (χ3n) is 2.83. The number of anilines is 1. The van der Waals surface area contributed by atoms with Crippen LogP contribution >= 0.6 is 0 Å². The smallest absolute Gasteiger partial charge is 0.245 e. The van der Waals surface area contributed by atoms with Crippen molar-refractivity contribution in [2.24, 2.45) is 5.41 Å². The van der Waals surface area contributed by atoms with Gasteiger partial charge in [-0.2, -0.15) is 0 Å². The molecule has 0 saturated carbocycles. The van der Waals surface area contributed by atoms with Gasteiger partial charge in [0.05, 0.1) is 13.2 Å². The molecule has 2 amide bonds. The average molecular weight is 311 g/mol. The summed E-state index contributed by atoms with van der Waals surface area (Å²) in [5.74, 6) is 0.565. The van der Waals surface area contributed by atoms with Gasteiger partial charge in [0.2, 0.25) is 11.8 Å². The lowest BCUT2D eigenvalue weighted by Gasteiger charge is -2.26. The minimum absolute atomic E-state index is 0.0375. The standard InChI is InChI=1S/C15H25N3O4/c1-11-8-12(17-22-11)16-13(19)10-18(6-7-21-5)14(20)9-15(2,3)4/h8H,6-7,9-10H2,1-5H3,(H,16,17,19). The van der Waals surface area contributed by atoms with Crippen LogP contribution in [0.3, 0.4) is 0 Å². The van der Waals surface area contributed by atoms with Gasteiger partial charge in [-0.1, -0.05) is 25.9 Å². The Labute approximate surface area is 131 Å². The summed E-state index contributed by atoms with van der Waals surface area (Å²) in [6.45, 7) is 8.40. The molecule has 124 valence electrons. The van der Waals surface area contributed by atoms with Crippen LogP contribution in [-0.2, 0) is 14.3 Å². The number of aromatic nitrogens is 1. The maximum Gasteiger partial charge on any atom is 0.245 e. The van der Waals surface area contributed by atoms with Crippen molar-refractivity contribution in [2.75, 3.05) is 32.1 Å². The number of hydrogen-bond donors (Lipinski definition) is 1. The van der Waals surface area contributed by atoms with Crippen LogP contribution in [0.4, 0.5) is 5.82 Å². The van der Waals surface area contributed by atoms with Gasteiger partial charge in [-0.3, -0.25) is 9.59 Å². The maximum atomic E-state index is 12.3. The summed E-state index contributed by atoms with van der Waals surface area (Å²) in [6.07, 6.45) is 0.368. The minimum atomic E-state index is -0.313. The number of methoxy groups -OCH3 is 1. The maximum absolute atomic E-state index is 12.3. The summed E-state index contributed by atoms with van der Waals surface area (Å²) >= 11 is 0. The lowest BCUT2D eigenvalue weighted by atomic mass is 9.91. The second-order valence-electron chi connectivity index (χ2n) is 6.42. The van der Waals surface area contributed by atoms with Crippen molar-refractivity contribution in [3.8, 4) is 0 Å². The molecule has 0 spiro atoms. The van der Waals surface area contributed by atoms with Crippen LogP contribution in [0.1, 0.15) is 33.0 Å². The molecule has 1 aromatic rings. The van der Waals surface area contributed by atoms with E-state index in [0.29, 0.717) is 31.2 Å². The van der Waals surface area contributed by atoms with Gasteiger partial charge in [0, 0.05) is 26.1 Å². The Morgan fingerprint density at radius 1 is 1.41 bits per heavy atom. The molecule has 0 atom stereocenters. The van der Waals surface area contributed by atoms with Crippen molar-refractivity contribution < 1.29 is 18.8 Å². The Morgan fingerprint density at radius 2 is 2.09 bits per heavy atom. The zero-order chi connectivity index (χ0) is 16.8. The van der Waals surface area contributed by atoms with E-state index in [-0.39, 0.29) is 23.8 Å².